The van der Waals surface area contributed by atoms with Gasteiger partial charge in [0.25, 0.3) is 0 Å². The monoisotopic (exact) mass is 240 g/mol. The molecular weight excluding hydrogens is 224 g/mol. The van der Waals surface area contributed by atoms with Crippen LogP contribution in [0.2, 0.25) is 0 Å². The van der Waals surface area contributed by atoms with Crippen LogP contribution in [0.15, 0.2) is 11.6 Å². The van der Waals surface area contributed by atoms with E-state index in [-0.39, 0.29) is 24.4 Å². The van der Waals surface area contributed by atoms with Gasteiger partial charge in [0, 0.05) is 6.42 Å². The highest BCUT2D eigenvalue weighted by atomic mass is 16.5. The SMILES string of the molecule is CCOC(=O)C1=C[C@](C)(C(=O)OC)CCC1=O. The van der Waals surface area contributed by atoms with Crippen molar-refractivity contribution < 1.29 is 23.9 Å². The Bertz CT molecular complexity index is 382. The van der Waals surface area contributed by atoms with Crippen LogP contribution in [-0.2, 0) is 23.9 Å². The van der Waals surface area contributed by atoms with Gasteiger partial charge in [-0.2, -0.15) is 0 Å². The molecule has 5 nitrogen and oxygen atoms in total. The second kappa shape index (κ2) is 5.12. The number of hydrogen-bond donors (Lipinski definition) is 0. The van der Waals surface area contributed by atoms with Gasteiger partial charge in [0.05, 0.1) is 24.7 Å². The fourth-order valence-electron chi connectivity index (χ4n) is 1.75. The molecule has 0 aromatic heterocycles. The average Bonchev–Trinajstić information content (AvgIpc) is 2.31. The van der Waals surface area contributed by atoms with Crippen molar-refractivity contribution >= 4 is 17.7 Å². The lowest BCUT2D eigenvalue weighted by Gasteiger charge is -2.27. The van der Waals surface area contributed by atoms with E-state index in [1.54, 1.807) is 13.8 Å². The molecule has 0 spiro atoms. The minimum atomic E-state index is -0.926. The zero-order valence-corrected chi connectivity index (χ0v) is 10.2. The largest absolute Gasteiger partial charge is 0.468 e. The number of carbonyl (C=O) groups excluding carboxylic acids is 3. The minimum absolute atomic E-state index is 0.0500. The summed E-state index contributed by atoms with van der Waals surface area (Å²) in [6.45, 7) is 3.49. The number of esters is 2. The molecule has 1 atom stereocenters. The van der Waals surface area contributed by atoms with Crippen molar-refractivity contribution in [1.29, 1.82) is 0 Å². The first kappa shape index (κ1) is 13.4. The molecule has 1 aliphatic carbocycles. The summed E-state index contributed by atoms with van der Waals surface area (Å²) >= 11 is 0. The van der Waals surface area contributed by atoms with E-state index >= 15 is 0 Å². The number of ketones is 1. The second-order valence-electron chi connectivity index (χ2n) is 4.11. The molecule has 0 radical (unpaired) electrons. The standard InChI is InChI=1S/C12H16O5/c1-4-17-10(14)8-7-12(2,11(15)16-3)6-5-9(8)13/h7H,4-6H2,1-3H3/t12-/m1/s1. The quantitative estimate of drug-likeness (QED) is 0.544. The molecule has 0 N–H and O–H groups in total. The molecule has 1 rings (SSSR count). The van der Waals surface area contributed by atoms with Crippen molar-refractivity contribution in [1.82, 2.24) is 0 Å². The molecule has 0 aromatic carbocycles. The van der Waals surface area contributed by atoms with Gasteiger partial charge in [0.1, 0.15) is 0 Å². The first-order valence-corrected chi connectivity index (χ1v) is 5.46. The molecule has 0 saturated heterocycles. The second-order valence-corrected chi connectivity index (χ2v) is 4.11. The summed E-state index contributed by atoms with van der Waals surface area (Å²) in [4.78, 5) is 34.7. The molecule has 0 aliphatic heterocycles. The lowest BCUT2D eigenvalue weighted by atomic mass is 9.77. The van der Waals surface area contributed by atoms with Crippen LogP contribution in [0.4, 0.5) is 0 Å². The van der Waals surface area contributed by atoms with Gasteiger partial charge < -0.3 is 9.47 Å². The van der Waals surface area contributed by atoms with E-state index in [1.807, 2.05) is 0 Å². The molecule has 5 heteroatoms. The average molecular weight is 240 g/mol. The number of carbonyl (C=O) groups is 3. The van der Waals surface area contributed by atoms with Gasteiger partial charge in [-0.15, -0.1) is 0 Å². The molecule has 0 saturated carbocycles. The predicted molar refractivity (Wildman–Crippen MR) is 59.1 cm³/mol. The fraction of sp³-hybridized carbons (Fsp3) is 0.583. The van der Waals surface area contributed by atoms with Crippen molar-refractivity contribution in [3.05, 3.63) is 11.6 Å². The van der Waals surface area contributed by atoms with Crippen LogP contribution in [0.3, 0.4) is 0 Å². The summed E-state index contributed by atoms with van der Waals surface area (Å²) in [7, 11) is 1.28. The summed E-state index contributed by atoms with van der Waals surface area (Å²) in [5, 5.41) is 0. The third-order valence-corrected chi connectivity index (χ3v) is 2.78. The van der Waals surface area contributed by atoms with Crippen molar-refractivity contribution in [3.8, 4) is 0 Å². The van der Waals surface area contributed by atoms with E-state index in [9.17, 15) is 14.4 Å². The van der Waals surface area contributed by atoms with Crippen LogP contribution < -0.4 is 0 Å². The van der Waals surface area contributed by atoms with Gasteiger partial charge in [0.2, 0.25) is 0 Å². The van der Waals surface area contributed by atoms with Gasteiger partial charge >= 0.3 is 11.9 Å². The van der Waals surface area contributed by atoms with Crippen molar-refractivity contribution in [2.75, 3.05) is 13.7 Å². The third kappa shape index (κ3) is 2.72. The predicted octanol–water partition coefficient (Wildman–Crippen LogP) is 1.02. The summed E-state index contributed by atoms with van der Waals surface area (Å²) in [5.41, 5.74) is -0.976. The number of methoxy groups -OCH3 is 1. The maximum Gasteiger partial charge on any atom is 0.341 e. The summed E-state index contributed by atoms with van der Waals surface area (Å²) in [6.07, 6.45) is 1.86. The van der Waals surface area contributed by atoms with Gasteiger partial charge in [-0.25, -0.2) is 4.79 Å². The number of rotatable bonds is 3. The van der Waals surface area contributed by atoms with Crippen molar-refractivity contribution in [3.63, 3.8) is 0 Å². The van der Waals surface area contributed by atoms with Gasteiger partial charge in [-0.05, 0) is 26.3 Å². The Morgan fingerprint density at radius 3 is 2.65 bits per heavy atom. The van der Waals surface area contributed by atoms with E-state index in [4.69, 9.17) is 4.74 Å². The molecule has 0 amide bonds. The molecule has 0 unspecified atom stereocenters. The molecule has 0 bridgehead atoms. The smallest absolute Gasteiger partial charge is 0.341 e. The molecular formula is C12H16O5. The molecule has 94 valence electrons. The Balaban J connectivity index is 3.04. The molecule has 1 aliphatic rings. The molecule has 0 heterocycles. The Morgan fingerprint density at radius 1 is 1.47 bits per heavy atom. The van der Waals surface area contributed by atoms with Crippen LogP contribution >= 0.6 is 0 Å². The Morgan fingerprint density at radius 2 is 2.12 bits per heavy atom. The minimum Gasteiger partial charge on any atom is -0.468 e. The Hall–Kier alpha value is -1.65. The highest BCUT2D eigenvalue weighted by Crippen LogP contribution is 2.33. The van der Waals surface area contributed by atoms with E-state index in [2.05, 4.69) is 4.74 Å². The number of Topliss-reactive ketones (excluding diaryl/α,β-unsaturated/α-hetero) is 1. The van der Waals surface area contributed by atoms with Crippen LogP contribution in [-0.4, -0.2) is 31.4 Å². The van der Waals surface area contributed by atoms with Crippen LogP contribution in [0.1, 0.15) is 26.7 Å². The topological polar surface area (TPSA) is 69.7 Å². The fourth-order valence-corrected chi connectivity index (χ4v) is 1.75. The zero-order valence-electron chi connectivity index (χ0n) is 10.2. The molecule has 0 aromatic rings. The van der Waals surface area contributed by atoms with Gasteiger partial charge in [-0.1, -0.05) is 0 Å². The third-order valence-electron chi connectivity index (χ3n) is 2.78. The molecule has 0 fully saturated rings. The molecule has 17 heavy (non-hydrogen) atoms. The Labute approximate surface area is 99.8 Å². The van der Waals surface area contributed by atoms with Gasteiger partial charge in [-0.3, -0.25) is 9.59 Å². The van der Waals surface area contributed by atoms with Crippen LogP contribution in [0, 0.1) is 5.41 Å². The van der Waals surface area contributed by atoms with Crippen molar-refractivity contribution in [2.45, 2.75) is 26.7 Å². The number of hydrogen-bond acceptors (Lipinski definition) is 5. The van der Waals surface area contributed by atoms with Crippen LogP contribution in [0.5, 0.6) is 0 Å². The summed E-state index contributed by atoms with van der Waals surface area (Å²) in [5.74, 6) is -1.41. The first-order chi connectivity index (χ1) is 7.94. The lowest BCUT2D eigenvalue weighted by molar-refractivity contribution is -0.150. The van der Waals surface area contributed by atoms with E-state index in [0.717, 1.165) is 0 Å². The normalized spacial score (nSPS) is 23.9. The van der Waals surface area contributed by atoms with E-state index < -0.39 is 17.4 Å². The Kier molecular flexibility index (Phi) is 4.04. The van der Waals surface area contributed by atoms with Crippen LogP contribution in [0.25, 0.3) is 0 Å². The highest BCUT2D eigenvalue weighted by Gasteiger charge is 2.39. The lowest BCUT2D eigenvalue weighted by Crippen LogP contribution is -2.34. The zero-order chi connectivity index (χ0) is 13.1. The summed E-state index contributed by atoms with van der Waals surface area (Å²) in [6, 6.07) is 0. The van der Waals surface area contributed by atoms with Crippen molar-refractivity contribution in [2.24, 2.45) is 5.41 Å². The maximum atomic E-state index is 11.6. The van der Waals surface area contributed by atoms with E-state index in [0.29, 0.717) is 6.42 Å². The van der Waals surface area contributed by atoms with Gasteiger partial charge in [0.15, 0.2) is 5.78 Å². The highest BCUT2D eigenvalue weighted by molar-refractivity contribution is 6.18. The summed E-state index contributed by atoms with van der Waals surface area (Å²) < 4.78 is 9.45. The maximum absolute atomic E-state index is 11.6. The van der Waals surface area contributed by atoms with E-state index in [1.165, 1.54) is 13.2 Å². The number of ether oxygens (including phenoxy) is 2. The first-order valence-electron chi connectivity index (χ1n) is 5.46.